The van der Waals surface area contributed by atoms with E-state index in [1.54, 1.807) is 6.20 Å². The number of carbonyl (C=O) groups is 1. The fourth-order valence-electron chi connectivity index (χ4n) is 2.33. The molecule has 1 aromatic heterocycles. The molecule has 3 rings (SSSR count). The first kappa shape index (κ1) is 14.0. The van der Waals surface area contributed by atoms with Crippen molar-refractivity contribution in [3.8, 4) is 0 Å². The fraction of sp³-hybridized carbons (Fsp3) is 0.333. The fourth-order valence-corrected chi connectivity index (χ4v) is 2.88. The van der Waals surface area contributed by atoms with Crippen molar-refractivity contribution in [1.29, 1.82) is 0 Å². The molecular weight excluding hydrogens is 284 g/mol. The number of hydrogen-bond donors (Lipinski definition) is 1. The van der Waals surface area contributed by atoms with Crippen LogP contribution in [0.1, 0.15) is 10.4 Å². The second-order valence-electron chi connectivity index (χ2n) is 5.14. The predicted octanol–water partition coefficient (Wildman–Crippen LogP) is 2.27. The first-order valence-corrected chi connectivity index (χ1v) is 7.85. The van der Waals surface area contributed by atoms with E-state index in [-0.39, 0.29) is 5.91 Å². The van der Waals surface area contributed by atoms with E-state index < -0.39 is 0 Å². The number of nitrogens with one attached hydrogen (secondary N) is 1. The molecule has 0 unspecified atom stereocenters. The Morgan fingerprint density at radius 3 is 2.81 bits per heavy atom. The average Bonchev–Trinajstić information content (AvgIpc) is 3.00. The molecule has 2 aromatic rings. The molecule has 1 saturated heterocycles. The van der Waals surface area contributed by atoms with E-state index >= 15 is 0 Å². The number of carbonyl (C=O) groups excluding carboxylic acids is 1. The van der Waals surface area contributed by atoms with Crippen LogP contribution >= 0.6 is 11.3 Å². The van der Waals surface area contributed by atoms with Gasteiger partial charge in [-0.15, -0.1) is 11.3 Å². The van der Waals surface area contributed by atoms with E-state index in [1.807, 2.05) is 34.5 Å². The molecule has 1 N–H and O–H groups in total. The summed E-state index contributed by atoms with van der Waals surface area (Å²) in [6.07, 6.45) is 1.76. The van der Waals surface area contributed by atoms with Gasteiger partial charge in [0.2, 0.25) is 0 Å². The number of hydrogen-bond acceptors (Lipinski definition) is 5. The molecule has 21 heavy (non-hydrogen) atoms. The van der Waals surface area contributed by atoms with Gasteiger partial charge in [-0.1, -0.05) is 6.07 Å². The zero-order valence-corrected chi connectivity index (χ0v) is 12.8. The minimum Gasteiger partial charge on any atom is -0.336 e. The van der Waals surface area contributed by atoms with Gasteiger partial charge < -0.3 is 15.1 Å². The maximum Gasteiger partial charge on any atom is 0.254 e. The van der Waals surface area contributed by atoms with Crippen LogP contribution in [0.4, 0.5) is 10.8 Å². The number of nitrogens with zero attached hydrogens (tertiary/aromatic N) is 3. The summed E-state index contributed by atoms with van der Waals surface area (Å²) in [5, 5.41) is 5.97. The maximum absolute atomic E-state index is 12.5. The van der Waals surface area contributed by atoms with Crippen LogP contribution in [0, 0.1) is 0 Å². The Balaban J connectivity index is 1.71. The summed E-state index contributed by atoms with van der Waals surface area (Å²) < 4.78 is 0. The summed E-state index contributed by atoms with van der Waals surface area (Å²) in [5.41, 5.74) is 1.62. The summed E-state index contributed by atoms with van der Waals surface area (Å²) >= 11 is 1.54. The minimum absolute atomic E-state index is 0.103. The van der Waals surface area contributed by atoms with Gasteiger partial charge in [-0.3, -0.25) is 4.79 Å². The molecule has 2 heterocycles. The van der Waals surface area contributed by atoms with Gasteiger partial charge in [0.05, 0.1) is 0 Å². The number of aromatic nitrogens is 1. The molecule has 5 nitrogen and oxygen atoms in total. The zero-order valence-electron chi connectivity index (χ0n) is 12.0. The van der Waals surface area contributed by atoms with E-state index in [0.717, 1.165) is 42.6 Å². The van der Waals surface area contributed by atoms with E-state index in [4.69, 9.17) is 0 Å². The normalized spacial score (nSPS) is 16.0. The molecule has 1 aliphatic heterocycles. The van der Waals surface area contributed by atoms with Crippen LogP contribution in [-0.2, 0) is 0 Å². The number of rotatable bonds is 3. The topological polar surface area (TPSA) is 48.5 Å². The van der Waals surface area contributed by atoms with E-state index in [9.17, 15) is 4.79 Å². The second-order valence-corrected chi connectivity index (χ2v) is 6.03. The Kier molecular flexibility index (Phi) is 4.17. The van der Waals surface area contributed by atoms with Crippen molar-refractivity contribution in [2.75, 3.05) is 38.5 Å². The predicted molar refractivity (Wildman–Crippen MR) is 85.2 cm³/mol. The molecule has 0 atom stereocenters. The van der Waals surface area contributed by atoms with Gasteiger partial charge in [-0.2, -0.15) is 0 Å². The standard InChI is InChI=1S/C15H18N4OS/c1-18-6-8-19(9-7-18)14(20)12-3-2-4-13(11-12)17-15-16-5-10-21-15/h2-5,10-11H,6-9H2,1H3,(H,16,17). The highest BCUT2D eigenvalue weighted by Gasteiger charge is 2.20. The number of amides is 1. The summed E-state index contributed by atoms with van der Waals surface area (Å²) in [6, 6.07) is 7.61. The highest BCUT2D eigenvalue weighted by atomic mass is 32.1. The molecule has 0 bridgehead atoms. The van der Waals surface area contributed by atoms with Crippen molar-refractivity contribution in [1.82, 2.24) is 14.8 Å². The number of likely N-dealkylation sites (N-methyl/N-ethyl adjacent to an activating group) is 1. The lowest BCUT2D eigenvalue weighted by molar-refractivity contribution is 0.0664. The van der Waals surface area contributed by atoms with E-state index in [2.05, 4.69) is 22.2 Å². The Morgan fingerprint density at radius 2 is 2.10 bits per heavy atom. The summed E-state index contributed by atoms with van der Waals surface area (Å²) in [4.78, 5) is 20.9. The molecule has 1 aliphatic rings. The van der Waals surface area contributed by atoms with Gasteiger partial charge in [-0.05, 0) is 25.2 Å². The SMILES string of the molecule is CN1CCN(C(=O)c2cccc(Nc3nccs3)c2)CC1. The molecule has 1 fully saturated rings. The molecule has 6 heteroatoms. The minimum atomic E-state index is 0.103. The third-order valence-electron chi connectivity index (χ3n) is 3.58. The van der Waals surface area contributed by atoms with Crippen LogP contribution < -0.4 is 5.32 Å². The number of piperazine rings is 1. The smallest absolute Gasteiger partial charge is 0.254 e. The third-order valence-corrected chi connectivity index (χ3v) is 4.27. The van der Waals surface area contributed by atoms with E-state index in [1.165, 1.54) is 11.3 Å². The lowest BCUT2D eigenvalue weighted by Crippen LogP contribution is -2.47. The first-order valence-electron chi connectivity index (χ1n) is 6.97. The Bertz CT molecular complexity index is 606. The molecule has 110 valence electrons. The van der Waals surface area contributed by atoms with Crippen molar-refractivity contribution in [3.63, 3.8) is 0 Å². The average molecular weight is 302 g/mol. The van der Waals surface area contributed by atoms with Crippen LogP contribution in [0.25, 0.3) is 0 Å². The molecular formula is C15H18N4OS. The number of thiazole rings is 1. The van der Waals surface area contributed by atoms with Crippen molar-refractivity contribution in [3.05, 3.63) is 41.4 Å². The van der Waals surface area contributed by atoms with Gasteiger partial charge in [0.15, 0.2) is 5.13 Å². The van der Waals surface area contributed by atoms with Gasteiger partial charge in [0.25, 0.3) is 5.91 Å². The first-order chi connectivity index (χ1) is 10.2. The maximum atomic E-state index is 12.5. The van der Waals surface area contributed by atoms with Gasteiger partial charge in [0.1, 0.15) is 0 Å². The summed E-state index contributed by atoms with van der Waals surface area (Å²) in [5.74, 6) is 0.103. The Hall–Kier alpha value is -1.92. The largest absolute Gasteiger partial charge is 0.336 e. The zero-order chi connectivity index (χ0) is 14.7. The van der Waals surface area contributed by atoms with Gasteiger partial charge in [-0.25, -0.2) is 4.98 Å². The van der Waals surface area contributed by atoms with Gasteiger partial charge >= 0.3 is 0 Å². The van der Waals surface area contributed by atoms with Crippen molar-refractivity contribution in [2.24, 2.45) is 0 Å². The summed E-state index contributed by atoms with van der Waals surface area (Å²) in [6.45, 7) is 3.45. The lowest BCUT2D eigenvalue weighted by Gasteiger charge is -2.32. The monoisotopic (exact) mass is 302 g/mol. The van der Waals surface area contributed by atoms with Crippen LogP contribution in [0.5, 0.6) is 0 Å². The number of benzene rings is 1. The van der Waals surface area contributed by atoms with E-state index in [0.29, 0.717) is 0 Å². The highest BCUT2D eigenvalue weighted by molar-refractivity contribution is 7.13. The lowest BCUT2D eigenvalue weighted by atomic mass is 10.1. The Labute approximate surface area is 128 Å². The molecule has 0 spiro atoms. The Morgan fingerprint density at radius 1 is 1.29 bits per heavy atom. The highest BCUT2D eigenvalue weighted by Crippen LogP contribution is 2.20. The second kappa shape index (κ2) is 6.24. The van der Waals surface area contributed by atoms with Crippen LogP contribution in [0.3, 0.4) is 0 Å². The third kappa shape index (κ3) is 3.40. The van der Waals surface area contributed by atoms with Crippen LogP contribution in [0.2, 0.25) is 0 Å². The van der Waals surface area contributed by atoms with Gasteiger partial charge in [0, 0.05) is 49.0 Å². The molecule has 0 radical (unpaired) electrons. The molecule has 1 amide bonds. The number of anilines is 2. The quantitative estimate of drug-likeness (QED) is 0.945. The summed E-state index contributed by atoms with van der Waals surface area (Å²) in [7, 11) is 2.08. The molecule has 1 aromatic carbocycles. The molecule has 0 aliphatic carbocycles. The van der Waals surface area contributed by atoms with Crippen molar-refractivity contribution >= 4 is 28.1 Å². The molecule has 0 saturated carbocycles. The van der Waals surface area contributed by atoms with Crippen LogP contribution in [-0.4, -0.2) is 53.9 Å². The van der Waals surface area contributed by atoms with Crippen molar-refractivity contribution in [2.45, 2.75) is 0 Å². The van der Waals surface area contributed by atoms with Crippen LogP contribution in [0.15, 0.2) is 35.8 Å². The van der Waals surface area contributed by atoms with Crippen molar-refractivity contribution < 1.29 is 4.79 Å².